The summed E-state index contributed by atoms with van der Waals surface area (Å²) < 4.78 is 72.0. The van der Waals surface area contributed by atoms with Crippen LogP contribution in [0.5, 0.6) is 0 Å². The van der Waals surface area contributed by atoms with E-state index in [0.717, 1.165) is 0 Å². The fourth-order valence-electron chi connectivity index (χ4n) is 0.251. The number of hydrogen-bond donors (Lipinski definition) is 0. The summed E-state index contributed by atoms with van der Waals surface area (Å²) in [4.78, 5) is 0. The minimum Gasteiger partial charge on any atom is -0.305 e. The fourth-order valence-corrected chi connectivity index (χ4v) is 0.251. The Morgan fingerprint density at radius 1 is 1.17 bits per heavy atom. The topological polar surface area (TPSA) is 9.23 Å². The molecule has 0 rings (SSSR count). The Hall–Kier alpha value is -0.720. The van der Waals surface area contributed by atoms with Gasteiger partial charge in [-0.3, -0.25) is 0 Å². The molecule has 0 unspecified atom stereocenters. The molecule has 7 heteroatoms. The van der Waals surface area contributed by atoms with E-state index < -0.39 is 24.7 Å². The Kier molecular flexibility index (Phi) is 3.14. The van der Waals surface area contributed by atoms with Crippen LogP contribution in [-0.2, 0) is 4.74 Å². The summed E-state index contributed by atoms with van der Waals surface area (Å²) in [5, 5.41) is 0. The Balaban J connectivity index is 4.01. The summed E-state index contributed by atoms with van der Waals surface area (Å²) in [5.74, 6) is -2.26. The normalized spacial score (nSPS) is 13.2. The highest BCUT2D eigenvalue weighted by molar-refractivity contribution is 4.90. The van der Waals surface area contributed by atoms with Gasteiger partial charge in [0, 0.05) is 0 Å². The minimum absolute atomic E-state index is 2.12. The lowest BCUT2D eigenvalue weighted by molar-refractivity contribution is -0.276. The quantitative estimate of drug-likeness (QED) is 0.627. The second kappa shape index (κ2) is 3.34. The van der Waals surface area contributed by atoms with Crippen molar-refractivity contribution in [3.05, 3.63) is 12.4 Å². The Bertz CT molecular complexity index is 171. The second-order valence-corrected chi connectivity index (χ2v) is 1.83. The van der Waals surface area contributed by atoms with Crippen LogP contribution in [0.25, 0.3) is 0 Å². The van der Waals surface area contributed by atoms with Gasteiger partial charge in [-0.05, 0) is 0 Å². The van der Waals surface area contributed by atoms with Crippen molar-refractivity contribution in [2.75, 3.05) is 6.61 Å². The van der Waals surface area contributed by atoms with E-state index in [4.69, 9.17) is 0 Å². The van der Waals surface area contributed by atoms with Crippen molar-refractivity contribution < 1.29 is 31.1 Å². The van der Waals surface area contributed by atoms with Crippen molar-refractivity contribution in [2.45, 2.75) is 12.3 Å². The average molecular weight is 194 g/mol. The zero-order valence-corrected chi connectivity index (χ0v) is 5.59. The molecule has 0 saturated heterocycles. The van der Waals surface area contributed by atoms with Gasteiger partial charge in [0.05, 0.1) is 0 Å². The predicted molar refractivity (Wildman–Crippen MR) is 27.2 cm³/mol. The van der Waals surface area contributed by atoms with E-state index in [1.54, 1.807) is 0 Å². The predicted octanol–water partition coefficient (Wildman–Crippen LogP) is 2.64. The van der Waals surface area contributed by atoms with E-state index >= 15 is 0 Å². The first-order chi connectivity index (χ1) is 5.15. The fraction of sp³-hybridized carbons (Fsp3) is 0.600. The van der Waals surface area contributed by atoms with E-state index in [2.05, 4.69) is 11.3 Å². The highest BCUT2D eigenvalue weighted by Gasteiger charge is 2.40. The molecule has 0 saturated carbocycles. The molecule has 0 aliphatic carbocycles. The van der Waals surface area contributed by atoms with Crippen LogP contribution in [-0.4, -0.2) is 18.9 Å². The lowest BCUT2D eigenvalue weighted by atomic mass is 10.5. The van der Waals surface area contributed by atoms with Gasteiger partial charge in [0.15, 0.2) is 5.83 Å². The molecule has 0 radical (unpaired) electrons. The molecule has 0 atom stereocenters. The molecule has 0 heterocycles. The summed E-state index contributed by atoms with van der Waals surface area (Å²) in [7, 11) is 0. The molecular formula is C5H4F6O. The molecule has 12 heavy (non-hydrogen) atoms. The summed E-state index contributed by atoms with van der Waals surface area (Å²) >= 11 is 0. The molecule has 0 aromatic carbocycles. The van der Waals surface area contributed by atoms with Gasteiger partial charge in [-0.15, -0.1) is 0 Å². The maximum Gasteiger partial charge on any atom is 0.412 e. The Labute approximate surface area is 63.6 Å². The first-order valence-electron chi connectivity index (χ1n) is 2.58. The van der Waals surface area contributed by atoms with Crippen LogP contribution in [0.1, 0.15) is 0 Å². The van der Waals surface area contributed by atoms with Crippen molar-refractivity contribution in [1.29, 1.82) is 0 Å². The first-order valence-corrected chi connectivity index (χ1v) is 2.58. The molecule has 0 aliphatic heterocycles. The van der Waals surface area contributed by atoms with Crippen LogP contribution >= 0.6 is 0 Å². The van der Waals surface area contributed by atoms with Gasteiger partial charge >= 0.3 is 12.3 Å². The maximum atomic E-state index is 11.9. The van der Waals surface area contributed by atoms with Crippen LogP contribution in [0.4, 0.5) is 26.3 Å². The number of rotatable bonds is 3. The summed E-state index contributed by atoms with van der Waals surface area (Å²) in [5.41, 5.74) is 0. The van der Waals surface area contributed by atoms with Crippen LogP contribution in [0, 0.1) is 0 Å². The maximum absolute atomic E-state index is 11.9. The van der Waals surface area contributed by atoms with E-state index in [0.29, 0.717) is 0 Å². The van der Waals surface area contributed by atoms with E-state index in [1.807, 2.05) is 0 Å². The Morgan fingerprint density at radius 2 is 1.58 bits per heavy atom. The minimum atomic E-state index is -4.92. The molecule has 1 nitrogen and oxygen atoms in total. The second-order valence-electron chi connectivity index (χ2n) is 1.83. The molecule has 0 amide bonds. The van der Waals surface area contributed by atoms with Gasteiger partial charge in [-0.1, -0.05) is 6.58 Å². The molecule has 72 valence electrons. The third-order valence-corrected chi connectivity index (χ3v) is 0.733. The number of halogens is 6. The molecule has 0 N–H and O–H groups in total. The summed E-state index contributed by atoms with van der Waals surface area (Å²) in [6.07, 6.45) is -9.49. The van der Waals surface area contributed by atoms with Crippen LogP contribution < -0.4 is 0 Å². The van der Waals surface area contributed by atoms with Gasteiger partial charge in [-0.25, -0.2) is 4.39 Å². The third kappa shape index (κ3) is 4.22. The zero-order valence-electron chi connectivity index (χ0n) is 5.59. The van der Waals surface area contributed by atoms with Crippen molar-refractivity contribution in [1.82, 2.24) is 0 Å². The van der Waals surface area contributed by atoms with Crippen molar-refractivity contribution in [3.8, 4) is 0 Å². The first kappa shape index (κ1) is 11.3. The molecular weight excluding hydrogens is 190 g/mol. The Morgan fingerprint density at radius 3 is 1.83 bits per heavy atom. The highest BCUT2D eigenvalue weighted by atomic mass is 19.4. The molecule has 0 bridgehead atoms. The highest BCUT2D eigenvalue weighted by Crippen LogP contribution is 2.27. The molecule has 0 aromatic heterocycles. The van der Waals surface area contributed by atoms with Gasteiger partial charge < -0.3 is 4.74 Å². The standard InChI is InChI=1S/C5H4F6O/c1-3(6)5(10,11)12-2-4(7,8)9/h1-2H2. The van der Waals surface area contributed by atoms with Crippen LogP contribution in [0.2, 0.25) is 0 Å². The van der Waals surface area contributed by atoms with Gasteiger partial charge in [-0.2, -0.15) is 22.0 Å². The monoisotopic (exact) mass is 194 g/mol. The largest absolute Gasteiger partial charge is 0.412 e. The van der Waals surface area contributed by atoms with Gasteiger partial charge in [0.2, 0.25) is 0 Å². The van der Waals surface area contributed by atoms with Crippen LogP contribution in [0.3, 0.4) is 0 Å². The summed E-state index contributed by atoms with van der Waals surface area (Å²) in [6, 6.07) is 0. The third-order valence-electron chi connectivity index (χ3n) is 0.733. The van der Waals surface area contributed by atoms with E-state index in [-0.39, 0.29) is 0 Å². The van der Waals surface area contributed by atoms with Crippen molar-refractivity contribution in [3.63, 3.8) is 0 Å². The van der Waals surface area contributed by atoms with E-state index in [9.17, 15) is 26.3 Å². The smallest absolute Gasteiger partial charge is 0.305 e. The van der Waals surface area contributed by atoms with E-state index in [1.165, 1.54) is 0 Å². The molecule has 0 aliphatic rings. The lowest BCUT2D eigenvalue weighted by Gasteiger charge is -2.15. The average Bonchev–Trinajstić information content (AvgIpc) is 1.82. The lowest BCUT2D eigenvalue weighted by Crippen LogP contribution is -2.28. The number of hydrogen-bond acceptors (Lipinski definition) is 1. The van der Waals surface area contributed by atoms with Crippen LogP contribution in [0.15, 0.2) is 12.4 Å². The van der Waals surface area contributed by atoms with Gasteiger partial charge in [0.1, 0.15) is 6.61 Å². The summed E-state index contributed by atoms with van der Waals surface area (Å²) in [6.45, 7) is -0.101. The molecule has 0 spiro atoms. The SMILES string of the molecule is C=C(F)C(F)(F)OCC(F)(F)F. The number of ether oxygens (including phenoxy) is 1. The number of alkyl halides is 5. The molecule has 0 aromatic rings. The van der Waals surface area contributed by atoms with Gasteiger partial charge in [0.25, 0.3) is 0 Å². The van der Waals surface area contributed by atoms with Crippen molar-refractivity contribution in [2.24, 2.45) is 0 Å². The zero-order chi connectivity index (χ0) is 9.99. The van der Waals surface area contributed by atoms with Crippen molar-refractivity contribution >= 4 is 0 Å². The molecule has 0 fully saturated rings.